The number of carbonyl (C=O) groups is 1. The molecule has 0 aliphatic carbocycles. The third-order valence-electron chi connectivity index (χ3n) is 0.874. The van der Waals surface area contributed by atoms with Crippen molar-refractivity contribution in [1.82, 2.24) is 0 Å². The second kappa shape index (κ2) is 6.55. The van der Waals surface area contributed by atoms with Gasteiger partial charge in [0.15, 0.2) is 0 Å². The van der Waals surface area contributed by atoms with Gasteiger partial charge in [0.2, 0.25) is 0 Å². The summed E-state index contributed by atoms with van der Waals surface area (Å²) >= 11 is 0. The van der Waals surface area contributed by atoms with Crippen LogP contribution in [-0.4, -0.2) is 17.2 Å². The topological polar surface area (TPSA) is 60.4 Å². The second-order valence-electron chi connectivity index (χ2n) is 1.64. The van der Waals surface area contributed by atoms with Crippen molar-refractivity contribution < 1.29 is 44.6 Å². The molecule has 0 radical (unpaired) electrons. The molecule has 0 rings (SSSR count). The molecule has 0 aliphatic rings. The molecule has 9 heavy (non-hydrogen) atoms. The van der Waals surface area contributed by atoms with Crippen LogP contribution in [0.2, 0.25) is 0 Å². The van der Waals surface area contributed by atoms with Gasteiger partial charge in [-0.3, -0.25) is 0 Å². The van der Waals surface area contributed by atoms with Crippen molar-refractivity contribution in [3.63, 3.8) is 0 Å². The third-order valence-corrected chi connectivity index (χ3v) is 0.874. The Morgan fingerprint density at radius 1 is 1.78 bits per heavy atom. The molecule has 0 aromatic rings. The molecule has 0 unspecified atom stereocenters. The van der Waals surface area contributed by atoms with E-state index in [0.29, 0.717) is 6.42 Å². The maximum absolute atomic E-state index is 9.70. The minimum absolute atomic E-state index is 0. The van der Waals surface area contributed by atoms with E-state index < -0.39 is 12.1 Å². The molecule has 0 heterocycles. The Hall–Kier alpha value is 0.430. The molecule has 48 valence electrons. The number of carbonyl (C=O) groups excluding carboxylic acids is 1. The third kappa shape index (κ3) is 8.43. The summed E-state index contributed by atoms with van der Waals surface area (Å²) < 4.78 is 0. The van der Waals surface area contributed by atoms with Gasteiger partial charge in [0, 0.05) is 12.4 Å². The van der Waals surface area contributed by atoms with Crippen LogP contribution in [0.5, 0.6) is 0 Å². The van der Waals surface area contributed by atoms with E-state index >= 15 is 0 Å². The SMILES string of the molecule is CC[C@H](O)CC(=O)[O-].[Na+]. The Balaban J connectivity index is 0. The minimum atomic E-state index is -1.20. The molecule has 0 spiro atoms. The summed E-state index contributed by atoms with van der Waals surface area (Å²) in [5, 5.41) is 18.3. The van der Waals surface area contributed by atoms with E-state index in [9.17, 15) is 9.90 Å². The largest absolute Gasteiger partial charge is 1.00 e. The zero-order valence-corrected chi connectivity index (χ0v) is 7.76. The summed E-state index contributed by atoms with van der Waals surface area (Å²) in [5.41, 5.74) is 0. The summed E-state index contributed by atoms with van der Waals surface area (Å²) in [6.45, 7) is 1.72. The van der Waals surface area contributed by atoms with E-state index in [-0.39, 0.29) is 36.0 Å². The Kier molecular flexibility index (Phi) is 8.83. The molecule has 0 saturated heterocycles. The van der Waals surface area contributed by atoms with E-state index in [2.05, 4.69) is 0 Å². The Bertz CT molecular complexity index is 84.3. The Morgan fingerprint density at radius 3 is 2.33 bits per heavy atom. The predicted octanol–water partition coefficient (Wildman–Crippen LogP) is -4.10. The molecule has 0 bridgehead atoms. The predicted molar refractivity (Wildman–Crippen MR) is 25.9 cm³/mol. The first-order chi connectivity index (χ1) is 3.66. The average molecular weight is 140 g/mol. The maximum atomic E-state index is 9.70. The molecular weight excluding hydrogens is 131 g/mol. The molecule has 0 aliphatic heterocycles. The fourth-order valence-corrected chi connectivity index (χ4v) is 0.337. The monoisotopic (exact) mass is 140 g/mol. The van der Waals surface area contributed by atoms with Crippen molar-refractivity contribution in [1.29, 1.82) is 0 Å². The van der Waals surface area contributed by atoms with E-state index in [1.807, 2.05) is 0 Å². The number of aliphatic carboxylic acids is 1. The summed E-state index contributed by atoms with van der Waals surface area (Å²) in [4.78, 5) is 9.70. The molecule has 0 saturated carbocycles. The number of hydrogen-bond acceptors (Lipinski definition) is 3. The normalized spacial score (nSPS) is 11.8. The van der Waals surface area contributed by atoms with Gasteiger partial charge in [-0.2, -0.15) is 0 Å². The summed E-state index contributed by atoms with van der Waals surface area (Å²) in [6.07, 6.45) is -0.523. The van der Waals surface area contributed by atoms with Crippen LogP contribution in [0.4, 0.5) is 0 Å². The van der Waals surface area contributed by atoms with Crippen LogP contribution >= 0.6 is 0 Å². The number of hydrogen-bond donors (Lipinski definition) is 1. The molecule has 3 nitrogen and oxygen atoms in total. The van der Waals surface area contributed by atoms with E-state index in [0.717, 1.165) is 0 Å². The van der Waals surface area contributed by atoms with Gasteiger partial charge in [0.25, 0.3) is 0 Å². The van der Waals surface area contributed by atoms with Gasteiger partial charge in [0.1, 0.15) is 0 Å². The van der Waals surface area contributed by atoms with Crippen LogP contribution in [0.15, 0.2) is 0 Å². The van der Waals surface area contributed by atoms with Crippen molar-refractivity contribution in [3.8, 4) is 0 Å². The molecule has 4 heteroatoms. The summed E-state index contributed by atoms with van der Waals surface area (Å²) in [5.74, 6) is -1.20. The standard InChI is InChI=1S/C5H10O3.Na/c1-2-4(6)3-5(7)8;/h4,6H,2-3H2,1H3,(H,7,8);/q;+1/p-1/t4-;/m0./s1. The minimum Gasteiger partial charge on any atom is -0.550 e. The average Bonchev–Trinajstić information content (AvgIpc) is 1.65. The summed E-state index contributed by atoms with van der Waals surface area (Å²) in [7, 11) is 0. The van der Waals surface area contributed by atoms with E-state index in [1.165, 1.54) is 0 Å². The van der Waals surface area contributed by atoms with Crippen LogP contribution in [0.25, 0.3) is 0 Å². The van der Waals surface area contributed by atoms with Crippen LogP contribution in [-0.2, 0) is 4.79 Å². The van der Waals surface area contributed by atoms with Gasteiger partial charge in [-0.05, 0) is 6.42 Å². The van der Waals surface area contributed by atoms with Crippen molar-refractivity contribution in [3.05, 3.63) is 0 Å². The molecule has 0 amide bonds. The van der Waals surface area contributed by atoms with Gasteiger partial charge in [-0.25, -0.2) is 0 Å². The van der Waals surface area contributed by atoms with Gasteiger partial charge in [0.05, 0.1) is 6.10 Å². The number of rotatable bonds is 3. The van der Waals surface area contributed by atoms with Crippen LogP contribution < -0.4 is 34.7 Å². The van der Waals surface area contributed by atoms with E-state index in [4.69, 9.17) is 5.11 Å². The van der Waals surface area contributed by atoms with E-state index in [1.54, 1.807) is 6.92 Å². The molecule has 0 fully saturated rings. The van der Waals surface area contributed by atoms with Gasteiger partial charge >= 0.3 is 29.6 Å². The zero-order valence-electron chi connectivity index (χ0n) is 5.76. The summed E-state index contributed by atoms with van der Waals surface area (Å²) in [6, 6.07) is 0. The first-order valence-electron chi connectivity index (χ1n) is 2.54. The van der Waals surface area contributed by atoms with Crippen LogP contribution in [0.1, 0.15) is 19.8 Å². The molecular formula is C5H9NaO3. The maximum Gasteiger partial charge on any atom is 1.00 e. The Labute approximate surface area is 76.4 Å². The van der Waals surface area contributed by atoms with Crippen molar-refractivity contribution >= 4 is 5.97 Å². The van der Waals surface area contributed by atoms with Gasteiger partial charge in [-0.15, -0.1) is 0 Å². The fraction of sp³-hybridized carbons (Fsp3) is 0.800. The second-order valence-corrected chi connectivity index (χ2v) is 1.64. The quantitative estimate of drug-likeness (QED) is 0.405. The molecule has 0 aromatic carbocycles. The molecule has 1 N–H and O–H groups in total. The van der Waals surface area contributed by atoms with Crippen molar-refractivity contribution in [2.75, 3.05) is 0 Å². The van der Waals surface area contributed by atoms with Crippen LogP contribution in [0.3, 0.4) is 0 Å². The molecule has 0 aromatic heterocycles. The fourth-order valence-electron chi connectivity index (χ4n) is 0.337. The van der Waals surface area contributed by atoms with Gasteiger partial charge < -0.3 is 15.0 Å². The first-order valence-corrected chi connectivity index (χ1v) is 2.54. The van der Waals surface area contributed by atoms with Gasteiger partial charge in [-0.1, -0.05) is 6.92 Å². The zero-order chi connectivity index (χ0) is 6.57. The number of carboxylic acids is 1. The first kappa shape index (κ1) is 12.1. The van der Waals surface area contributed by atoms with Crippen molar-refractivity contribution in [2.24, 2.45) is 0 Å². The number of aliphatic hydroxyl groups excluding tert-OH is 1. The molecule has 1 atom stereocenters. The Morgan fingerprint density at radius 2 is 2.22 bits per heavy atom. The number of aliphatic hydroxyl groups is 1. The smallest absolute Gasteiger partial charge is 0.550 e. The van der Waals surface area contributed by atoms with Crippen molar-refractivity contribution in [2.45, 2.75) is 25.9 Å². The van der Waals surface area contributed by atoms with Crippen LogP contribution in [0, 0.1) is 0 Å². The number of carboxylic acid groups (broad SMARTS) is 1.